The number of aldehydes is 1. The van der Waals surface area contributed by atoms with Crippen molar-refractivity contribution in [1.82, 2.24) is 4.90 Å². The van der Waals surface area contributed by atoms with Gasteiger partial charge in [-0.05, 0) is 73.5 Å². The normalized spacial score (nSPS) is 41.9. The number of ether oxygens (including phenoxy) is 9. The molecule has 4 rings (SSSR count). The highest BCUT2D eigenvalue weighted by Crippen LogP contribution is 2.37. The van der Waals surface area contributed by atoms with Crippen molar-refractivity contribution in [2.75, 3.05) is 34.9 Å². The van der Waals surface area contributed by atoms with Crippen LogP contribution in [0.4, 0.5) is 0 Å². The minimum atomic E-state index is -2.27. The third-order valence-electron chi connectivity index (χ3n) is 14.2. The molecule has 9 N–H and O–H groups in total. The minimum absolute atomic E-state index is 0.00788. The van der Waals surface area contributed by atoms with Crippen LogP contribution in [0.25, 0.3) is 0 Å². The third kappa shape index (κ3) is 17.3. The van der Waals surface area contributed by atoms with Crippen molar-refractivity contribution in [3.8, 4) is 0 Å². The van der Waals surface area contributed by atoms with Gasteiger partial charge in [0.1, 0.15) is 49.0 Å². The van der Waals surface area contributed by atoms with Gasteiger partial charge in [0, 0.05) is 44.8 Å². The molecule has 4 aliphatic rings. The minimum Gasteiger partial charge on any atom is -0.479 e. The molecule has 4 heterocycles. The lowest BCUT2D eigenvalue weighted by atomic mass is 9.79. The number of cyclic esters (lactones) is 1. The average Bonchev–Trinajstić information content (AvgIpc) is 3.33. The number of likely N-dealkylation sites (N-methyl/N-ethyl adjacent to an activating group) is 1. The summed E-state index contributed by atoms with van der Waals surface area (Å²) in [6.45, 7) is 13.6. The number of esters is 1. The van der Waals surface area contributed by atoms with Crippen molar-refractivity contribution in [1.29, 1.82) is 0 Å². The SMILES string of the molecule is CC[C@H]1OC(=O)C[C@@H](O)[C@H](C)C(O[C@@H]2O[C@H](C)[C@@H](O[C@H]3C[C@](C)(O)[C@@H](O)[C@H](C)O3)[C@H](N(C)C)[C@H]2O)[C@@H](CC=O)C[C@@H](C)C(=O)/C=C/C(C)=C/C1CO[C@@H]1O[C@H](C)[C@@H](O)[C@@H](OC)[C@H]1OC.O=C(O)[C@H](O)[C@@H](O)C(=O)O. The summed E-state index contributed by atoms with van der Waals surface area (Å²) in [6.07, 6.45) is -13.0. The third-order valence-corrected chi connectivity index (χ3v) is 14.2. The summed E-state index contributed by atoms with van der Waals surface area (Å²) in [5.74, 6) is -7.13. The first-order valence-corrected chi connectivity index (χ1v) is 25.0. The highest BCUT2D eigenvalue weighted by atomic mass is 16.7. The fraction of sp³-hybridized carbons (Fsp3) is 0.820. The number of nitrogens with zero attached hydrogens (tertiary/aromatic N) is 1. The summed E-state index contributed by atoms with van der Waals surface area (Å²) in [7, 11) is 6.43. The number of aliphatic carboxylic acids is 2. The van der Waals surface area contributed by atoms with E-state index in [0.717, 1.165) is 6.29 Å². The molecule has 3 saturated heterocycles. The number of rotatable bonds is 16. The fourth-order valence-electron chi connectivity index (χ4n) is 9.78. The van der Waals surface area contributed by atoms with Crippen LogP contribution in [-0.4, -0.2) is 232 Å². The summed E-state index contributed by atoms with van der Waals surface area (Å²) in [5, 5.41) is 88.3. The van der Waals surface area contributed by atoms with Crippen molar-refractivity contribution in [3.63, 3.8) is 0 Å². The molecule has 2 unspecified atom stereocenters. The number of ketones is 1. The van der Waals surface area contributed by atoms with Crippen LogP contribution >= 0.6 is 0 Å². The number of carbonyl (C=O) groups is 5. The monoisotopic (exact) mass is 1070 g/mol. The summed E-state index contributed by atoms with van der Waals surface area (Å²) in [6, 6.07) is -0.748. The number of allylic oxidation sites excluding steroid dienone is 3. The lowest BCUT2D eigenvalue weighted by Gasteiger charge is -2.50. The van der Waals surface area contributed by atoms with Crippen LogP contribution in [0, 0.1) is 23.7 Å². The van der Waals surface area contributed by atoms with Gasteiger partial charge < -0.3 is 98.3 Å². The number of carbonyl (C=O) groups excluding carboxylic acids is 3. The Hall–Kier alpha value is -3.41. The van der Waals surface area contributed by atoms with Crippen LogP contribution in [0.2, 0.25) is 0 Å². The second-order valence-corrected chi connectivity index (χ2v) is 20.3. The van der Waals surface area contributed by atoms with E-state index in [1.165, 1.54) is 27.2 Å². The second-order valence-electron chi connectivity index (χ2n) is 20.3. The quantitative estimate of drug-likeness (QED) is 0.0708. The molecule has 3 fully saturated rings. The number of methoxy groups -OCH3 is 2. The van der Waals surface area contributed by atoms with Gasteiger partial charge in [0.05, 0.1) is 55.2 Å². The molecule has 23 atom stereocenters. The Balaban J connectivity index is 0.00000130. The van der Waals surface area contributed by atoms with Gasteiger partial charge in [-0.25, -0.2) is 9.59 Å². The number of hydrogen-bond acceptors (Lipinski definition) is 22. The lowest BCUT2D eigenvalue weighted by molar-refractivity contribution is -0.341. The fourth-order valence-corrected chi connectivity index (χ4v) is 9.78. The van der Waals surface area contributed by atoms with Crippen molar-refractivity contribution >= 4 is 30.0 Å². The molecular weight excluding hydrogens is 983 g/mol. The standard InChI is InChI=1S/C46H77NO17.C4H6O6/c1-13-33-30(22-58-45-42(57-12)41(56-11)37(52)26(5)60-45)18-23(2)14-15-31(49)24(3)19-29(16-17-48)39(25(4)32(50)20-34(51)62-33)64-44-38(53)36(47(9)10)40(27(6)61-44)63-35-21-46(8,55)43(54)28(7)59-35;5-1(3(7)8)2(6)4(9)10/h14-15,17-18,24-30,32-33,35-45,50,52-55H,13,16,19-22H2,1-12H3;1-2,5-6H,(H,7,8)(H,9,10)/b15-14+,23-18+;/t24-,25+,26-,27-,28+,29+,30?,32-,33-,35+,36-,37-,38-,39?,40-,41-,42-,43+,44+,45-,46+;1-,2-/m11/s1. The van der Waals surface area contributed by atoms with E-state index in [4.69, 9.17) is 63.1 Å². The van der Waals surface area contributed by atoms with E-state index in [1.54, 1.807) is 59.7 Å². The van der Waals surface area contributed by atoms with Crippen molar-refractivity contribution in [2.45, 2.75) is 203 Å². The van der Waals surface area contributed by atoms with Gasteiger partial charge in [-0.1, -0.05) is 38.5 Å². The molecule has 0 aliphatic carbocycles. The highest BCUT2D eigenvalue weighted by molar-refractivity contribution is 5.91. The van der Waals surface area contributed by atoms with Gasteiger partial charge >= 0.3 is 17.9 Å². The van der Waals surface area contributed by atoms with Crippen molar-refractivity contribution < 1.29 is 113 Å². The predicted molar refractivity (Wildman–Crippen MR) is 258 cm³/mol. The van der Waals surface area contributed by atoms with Crippen LogP contribution in [0.1, 0.15) is 87.5 Å². The predicted octanol–water partition coefficient (Wildman–Crippen LogP) is -0.289. The molecule has 0 aromatic carbocycles. The topological polar surface area (TPSA) is 354 Å². The largest absolute Gasteiger partial charge is 0.479 e. The second kappa shape index (κ2) is 29.4. The molecule has 0 amide bonds. The Labute approximate surface area is 432 Å². The molecule has 24 heteroatoms. The van der Waals surface area contributed by atoms with Crippen LogP contribution in [-0.2, 0) is 66.6 Å². The first kappa shape index (κ1) is 64.9. The van der Waals surface area contributed by atoms with E-state index >= 15 is 0 Å². The van der Waals surface area contributed by atoms with Gasteiger partial charge in [-0.2, -0.15) is 0 Å². The van der Waals surface area contributed by atoms with Crippen LogP contribution in [0.15, 0.2) is 23.8 Å². The maximum absolute atomic E-state index is 13.8. The Morgan fingerprint density at radius 2 is 1.43 bits per heavy atom. The maximum atomic E-state index is 13.8. The number of carboxylic acid groups (broad SMARTS) is 2. The zero-order valence-corrected chi connectivity index (χ0v) is 44.4. The van der Waals surface area contributed by atoms with Gasteiger partial charge in [0.25, 0.3) is 0 Å². The Bertz CT molecular complexity index is 1850. The molecule has 74 heavy (non-hydrogen) atoms. The maximum Gasteiger partial charge on any atom is 0.335 e. The lowest BCUT2D eigenvalue weighted by Crippen LogP contribution is -2.65. The highest BCUT2D eigenvalue weighted by Gasteiger charge is 2.52. The van der Waals surface area contributed by atoms with E-state index in [-0.39, 0.29) is 31.7 Å². The number of hydrogen-bond donors (Lipinski definition) is 9. The first-order chi connectivity index (χ1) is 34.5. The number of carboxylic acids is 2. The summed E-state index contributed by atoms with van der Waals surface area (Å²) in [5.41, 5.74) is -0.806. The molecule has 0 aromatic heterocycles. The van der Waals surface area contributed by atoms with E-state index in [9.17, 15) is 49.5 Å². The Morgan fingerprint density at radius 1 is 0.838 bits per heavy atom. The smallest absolute Gasteiger partial charge is 0.335 e. The summed E-state index contributed by atoms with van der Waals surface area (Å²) < 4.78 is 54.7. The van der Waals surface area contributed by atoms with E-state index in [1.807, 2.05) is 19.9 Å². The summed E-state index contributed by atoms with van der Waals surface area (Å²) >= 11 is 0. The van der Waals surface area contributed by atoms with Crippen molar-refractivity contribution in [3.05, 3.63) is 23.8 Å². The van der Waals surface area contributed by atoms with Crippen LogP contribution in [0.5, 0.6) is 0 Å². The van der Waals surface area contributed by atoms with Gasteiger partial charge in [-0.3, -0.25) is 9.59 Å². The van der Waals surface area contributed by atoms with Gasteiger partial charge in [-0.15, -0.1) is 0 Å². The van der Waals surface area contributed by atoms with Crippen LogP contribution in [0.3, 0.4) is 0 Å². The summed E-state index contributed by atoms with van der Waals surface area (Å²) in [4.78, 5) is 61.1. The zero-order chi connectivity index (χ0) is 56.1. The van der Waals surface area contributed by atoms with E-state index < -0.39 is 164 Å². The van der Waals surface area contributed by atoms with Gasteiger partial charge in [0.15, 0.2) is 36.9 Å². The Morgan fingerprint density at radius 3 is 1.96 bits per heavy atom. The Kier molecular flexibility index (Phi) is 25.7. The van der Waals surface area contributed by atoms with Gasteiger partial charge in [0.2, 0.25) is 0 Å². The zero-order valence-electron chi connectivity index (χ0n) is 44.4. The first-order valence-electron chi connectivity index (χ1n) is 25.0. The molecule has 4 aliphatic heterocycles. The van der Waals surface area contributed by atoms with E-state index in [0.29, 0.717) is 12.0 Å². The molecule has 0 radical (unpaired) electrons. The molecule has 0 aromatic rings. The van der Waals surface area contributed by atoms with Crippen LogP contribution < -0.4 is 0 Å². The van der Waals surface area contributed by atoms with E-state index in [2.05, 4.69) is 0 Å². The number of aliphatic hydroxyl groups excluding tert-OH is 6. The molecular formula is C50H83NO23. The molecule has 0 bridgehead atoms. The molecule has 0 saturated carbocycles. The average molecular weight is 1070 g/mol. The molecule has 426 valence electrons. The molecule has 24 nitrogen and oxygen atoms in total. The molecule has 0 spiro atoms. The number of aliphatic hydroxyl groups is 7. The van der Waals surface area contributed by atoms with Crippen molar-refractivity contribution in [2.24, 2.45) is 23.7 Å².